The minimum absolute atomic E-state index is 0.197. The summed E-state index contributed by atoms with van der Waals surface area (Å²) in [7, 11) is 0. The fourth-order valence-corrected chi connectivity index (χ4v) is 1.94. The maximum absolute atomic E-state index is 12.0. The zero-order chi connectivity index (χ0) is 18.7. The van der Waals surface area contributed by atoms with E-state index in [4.69, 9.17) is 4.84 Å². The van der Waals surface area contributed by atoms with Crippen molar-refractivity contribution in [1.82, 2.24) is 0 Å². The van der Waals surface area contributed by atoms with Crippen LogP contribution in [0.3, 0.4) is 0 Å². The topological polar surface area (TPSA) is 142 Å². The molecule has 0 N–H and O–H groups in total. The summed E-state index contributed by atoms with van der Waals surface area (Å²) in [5, 5.41) is 25.2. The van der Waals surface area contributed by atoms with Gasteiger partial charge < -0.3 is 4.84 Å². The maximum Gasteiger partial charge on any atom is 0.366 e. The van der Waals surface area contributed by atoms with Crippen molar-refractivity contribution in [3.63, 3.8) is 0 Å². The fourth-order valence-electron chi connectivity index (χ4n) is 1.94. The molecule has 0 spiro atoms. The molecule has 0 atom stereocenters. The van der Waals surface area contributed by atoms with Gasteiger partial charge in [0.05, 0.1) is 21.5 Å². The molecular formula is C15H11N3O7. The Balaban J connectivity index is 2.31. The molecule has 0 saturated carbocycles. The van der Waals surface area contributed by atoms with Gasteiger partial charge >= 0.3 is 5.97 Å². The molecule has 0 saturated heterocycles. The number of carbonyl (C=O) groups excluding carboxylic acids is 2. The largest absolute Gasteiger partial charge is 0.366 e. The monoisotopic (exact) mass is 345 g/mol. The van der Waals surface area contributed by atoms with E-state index < -0.39 is 27.2 Å². The van der Waals surface area contributed by atoms with E-state index in [1.54, 1.807) is 13.8 Å². The molecule has 0 amide bonds. The van der Waals surface area contributed by atoms with Crippen LogP contribution in [0.4, 0.5) is 11.4 Å². The second-order valence-corrected chi connectivity index (χ2v) is 5.13. The van der Waals surface area contributed by atoms with Crippen LogP contribution in [-0.2, 0) is 9.63 Å². The molecule has 10 nitrogen and oxygen atoms in total. The number of nitro benzene ring substituents is 2. The normalized spacial score (nSPS) is 15.4. The van der Waals surface area contributed by atoms with E-state index >= 15 is 0 Å². The summed E-state index contributed by atoms with van der Waals surface area (Å²) in [5.74, 6) is -1.30. The van der Waals surface area contributed by atoms with Gasteiger partial charge in [-0.05, 0) is 37.1 Å². The van der Waals surface area contributed by atoms with Crippen molar-refractivity contribution in [3.05, 3.63) is 67.3 Å². The Kier molecular flexibility index (Phi) is 4.82. The number of benzene rings is 1. The Labute approximate surface area is 140 Å². The Morgan fingerprint density at radius 3 is 2.08 bits per heavy atom. The highest BCUT2D eigenvalue weighted by atomic mass is 16.7. The zero-order valence-electron chi connectivity index (χ0n) is 13.1. The molecule has 1 aromatic carbocycles. The van der Waals surface area contributed by atoms with E-state index in [2.05, 4.69) is 5.16 Å². The third kappa shape index (κ3) is 3.99. The summed E-state index contributed by atoms with van der Waals surface area (Å²) in [4.78, 5) is 48.1. The van der Waals surface area contributed by atoms with Crippen molar-refractivity contribution < 1.29 is 24.3 Å². The first-order valence-electron chi connectivity index (χ1n) is 6.83. The maximum atomic E-state index is 12.0. The van der Waals surface area contributed by atoms with Crippen LogP contribution in [0.1, 0.15) is 24.2 Å². The molecule has 2 rings (SSSR count). The van der Waals surface area contributed by atoms with Crippen molar-refractivity contribution in [1.29, 1.82) is 0 Å². The highest BCUT2D eigenvalue weighted by Crippen LogP contribution is 2.23. The lowest BCUT2D eigenvalue weighted by Gasteiger charge is -2.08. The van der Waals surface area contributed by atoms with Crippen LogP contribution in [0.2, 0.25) is 0 Å². The van der Waals surface area contributed by atoms with Crippen LogP contribution >= 0.6 is 0 Å². The number of nitro groups is 2. The van der Waals surface area contributed by atoms with Crippen molar-refractivity contribution in [2.75, 3.05) is 0 Å². The molecule has 0 aromatic heterocycles. The molecule has 1 aliphatic rings. The molecule has 0 fully saturated rings. The first kappa shape index (κ1) is 17.7. The lowest BCUT2D eigenvalue weighted by molar-refractivity contribution is -0.394. The number of non-ortho nitro benzene ring substituents is 2. The average molecular weight is 345 g/mol. The molecular weight excluding hydrogens is 334 g/mol. The predicted octanol–water partition coefficient (Wildman–Crippen LogP) is 2.49. The number of ketones is 1. The summed E-state index contributed by atoms with van der Waals surface area (Å²) in [6.45, 7) is 3.15. The highest BCUT2D eigenvalue weighted by Gasteiger charge is 2.21. The number of carbonyl (C=O) groups is 2. The second kappa shape index (κ2) is 6.83. The van der Waals surface area contributed by atoms with Gasteiger partial charge in [0.25, 0.3) is 11.4 Å². The van der Waals surface area contributed by atoms with Crippen molar-refractivity contribution in [2.24, 2.45) is 5.16 Å². The van der Waals surface area contributed by atoms with Crippen LogP contribution in [0.25, 0.3) is 0 Å². The SMILES string of the molecule is CC1=C/C(=N\OC(=O)c2cc([N+](=O)[O-])cc([N+](=O)[O-])c2)C(C)=CC1=O. The minimum atomic E-state index is -1.10. The minimum Gasteiger partial charge on any atom is -0.312 e. The van der Waals surface area contributed by atoms with E-state index in [1.807, 2.05) is 0 Å². The van der Waals surface area contributed by atoms with Gasteiger partial charge in [-0.2, -0.15) is 0 Å². The number of hydrogen-bond donors (Lipinski definition) is 0. The Morgan fingerprint density at radius 2 is 1.56 bits per heavy atom. The van der Waals surface area contributed by atoms with Crippen LogP contribution < -0.4 is 0 Å². The van der Waals surface area contributed by atoms with Gasteiger partial charge in [-0.3, -0.25) is 25.0 Å². The Hall–Kier alpha value is -3.69. The van der Waals surface area contributed by atoms with Crippen LogP contribution in [0.5, 0.6) is 0 Å². The summed E-state index contributed by atoms with van der Waals surface area (Å²) < 4.78 is 0. The summed E-state index contributed by atoms with van der Waals surface area (Å²) in [5.41, 5.74) is -0.544. The van der Waals surface area contributed by atoms with Gasteiger partial charge in [-0.25, -0.2) is 4.79 Å². The molecule has 0 bridgehead atoms. The molecule has 25 heavy (non-hydrogen) atoms. The second-order valence-electron chi connectivity index (χ2n) is 5.13. The number of hydrogen-bond acceptors (Lipinski definition) is 8. The predicted molar refractivity (Wildman–Crippen MR) is 85.1 cm³/mol. The van der Waals surface area contributed by atoms with Crippen molar-refractivity contribution >= 4 is 28.8 Å². The molecule has 10 heteroatoms. The van der Waals surface area contributed by atoms with E-state index in [-0.39, 0.29) is 17.1 Å². The van der Waals surface area contributed by atoms with E-state index in [1.165, 1.54) is 12.2 Å². The fraction of sp³-hybridized carbons (Fsp3) is 0.133. The summed E-state index contributed by atoms with van der Waals surface area (Å²) in [6.07, 6.45) is 2.74. The van der Waals surface area contributed by atoms with Gasteiger partial charge in [-0.1, -0.05) is 5.16 Å². The highest BCUT2D eigenvalue weighted by molar-refractivity contribution is 6.21. The number of nitrogens with zero attached hydrogens (tertiary/aromatic N) is 3. The van der Waals surface area contributed by atoms with Crippen LogP contribution in [0.15, 0.2) is 46.7 Å². The van der Waals surface area contributed by atoms with Gasteiger partial charge in [0.2, 0.25) is 0 Å². The quantitative estimate of drug-likeness (QED) is 0.353. The van der Waals surface area contributed by atoms with Gasteiger partial charge in [0.1, 0.15) is 5.71 Å². The van der Waals surface area contributed by atoms with E-state index in [0.29, 0.717) is 11.1 Å². The molecule has 1 aromatic rings. The first-order chi connectivity index (χ1) is 11.7. The van der Waals surface area contributed by atoms with E-state index in [9.17, 15) is 29.8 Å². The number of allylic oxidation sites excluding steroid dienone is 4. The molecule has 0 radical (unpaired) electrons. The molecule has 0 aliphatic heterocycles. The average Bonchev–Trinajstić information content (AvgIpc) is 2.56. The van der Waals surface area contributed by atoms with E-state index in [0.717, 1.165) is 18.2 Å². The summed E-state index contributed by atoms with van der Waals surface area (Å²) >= 11 is 0. The smallest absolute Gasteiger partial charge is 0.312 e. The third-order valence-electron chi connectivity index (χ3n) is 3.28. The molecule has 1 aliphatic carbocycles. The van der Waals surface area contributed by atoms with Gasteiger partial charge in [0.15, 0.2) is 5.78 Å². The lowest BCUT2D eigenvalue weighted by atomic mass is 9.99. The van der Waals surface area contributed by atoms with Gasteiger partial charge in [-0.15, -0.1) is 0 Å². The van der Waals surface area contributed by atoms with Crippen LogP contribution in [-0.4, -0.2) is 27.3 Å². The van der Waals surface area contributed by atoms with Gasteiger partial charge in [0, 0.05) is 12.1 Å². The summed E-state index contributed by atoms with van der Waals surface area (Å²) in [6, 6.07) is 2.43. The number of rotatable bonds is 4. The lowest BCUT2D eigenvalue weighted by Crippen LogP contribution is -2.12. The Morgan fingerprint density at radius 1 is 1.00 bits per heavy atom. The molecule has 128 valence electrons. The molecule has 0 heterocycles. The standard InChI is InChI=1S/C15H11N3O7/c1-8-4-14(19)9(2)3-13(8)16-25-15(20)10-5-11(17(21)22)7-12(6-10)18(23)24/h3-7H,1-2H3/b16-13+. The first-order valence-corrected chi connectivity index (χ1v) is 6.83. The Bertz CT molecular complexity index is 864. The third-order valence-corrected chi connectivity index (χ3v) is 3.28. The zero-order valence-corrected chi connectivity index (χ0v) is 13.1. The van der Waals surface area contributed by atoms with Crippen molar-refractivity contribution in [2.45, 2.75) is 13.8 Å². The van der Waals surface area contributed by atoms with Crippen LogP contribution in [0, 0.1) is 20.2 Å². The molecule has 0 unspecified atom stereocenters. The number of oxime groups is 1. The van der Waals surface area contributed by atoms with Crippen molar-refractivity contribution in [3.8, 4) is 0 Å².